The molecule has 4 N–H and O–H groups in total. The fourth-order valence-electron chi connectivity index (χ4n) is 2.43. The molecule has 2 rings (SSSR count). The predicted octanol–water partition coefficient (Wildman–Crippen LogP) is 0.673. The molecule has 1 fully saturated rings. The molecule has 0 spiro atoms. The van der Waals surface area contributed by atoms with Crippen LogP contribution >= 0.6 is 0 Å². The molecular formula is C16H26N4O4S. The molecule has 140 valence electrons. The van der Waals surface area contributed by atoms with E-state index in [2.05, 4.69) is 10.6 Å². The third-order valence-electron chi connectivity index (χ3n) is 4.03. The normalized spacial score (nSPS) is 17.1. The van der Waals surface area contributed by atoms with Crippen LogP contribution in [0.4, 0.5) is 11.4 Å². The van der Waals surface area contributed by atoms with Gasteiger partial charge in [0.25, 0.3) is 0 Å². The highest BCUT2D eigenvalue weighted by Crippen LogP contribution is 2.28. The molecule has 9 heteroatoms. The van der Waals surface area contributed by atoms with Crippen molar-refractivity contribution in [1.82, 2.24) is 4.31 Å². The van der Waals surface area contributed by atoms with Crippen LogP contribution in [0.1, 0.15) is 13.8 Å². The number of rotatable bonds is 7. The number of hydrogen-bond donors (Lipinski definition) is 3. The number of nitrogens with one attached hydrogen (secondary N) is 2. The first kappa shape index (κ1) is 19.6. The molecule has 1 heterocycles. The van der Waals surface area contributed by atoms with Crippen LogP contribution in [-0.4, -0.2) is 58.0 Å². The van der Waals surface area contributed by atoms with Crippen LogP contribution in [0.3, 0.4) is 0 Å². The maximum absolute atomic E-state index is 12.8. The van der Waals surface area contributed by atoms with E-state index in [1.54, 1.807) is 19.1 Å². The summed E-state index contributed by atoms with van der Waals surface area (Å²) in [6, 6.07) is 4.70. The van der Waals surface area contributed by atoms with E-state index >= 15 is 0 Å². The van der Waals surface area contributed by atoms with Gasteiger partial charge in [-0.05, 0) is 25.1 Å². The summed E-state index contributed by atoms with van der Waals surface area (Å²) in [5, 5.41) is 5.89. The molecule has 1 aromatic carbocycles. The highest BCUT2D eigenvalue weighted by atomic mass is 32.2. The summed E-state index contributed by atoms with van der Waals surface area (Å²) in [6.45, 7) is 5.91. The summed E-state index contributed by atoms with van der Waals surface area (Å²) < 4.78 is 32.2. The number of carbonyl (C=O) groups is 1. The molecule has 0 saturated carbocycles. The molecular weight excluding hydrogens is 344 g/mol. The van der Waals surface area contributed by atoms with E-state index in [9.17, 15) is 13.2 Å². The second-order valence-electron chi connectivity index (χ2n) is 5.88. The lowest BCUT2D eigenvalue weighted by Crippen LogP contribution is -2.40. The van der Waals surface area contributed by atoms with Gasteiger partial charge in [0.05, 0.1) is 29.5 Å². The monoisotopic (exact) mass is 370 g/mol. The van der Waals surface area contributed by atoms with Crippen molar-refractivity contribution in [3.63, 3.8) is 0 Å². The second kappa shape index (κ2) is 8.61. The number of nitrogens with zero attached hydrogens (tertiary/aromatic N) is 1. The van der Waals surface area contributed by atoms with Crippen LogP contribution in [0.5, 0.6) is 0 Å². The Balaban J connectivity index is 2.33. The Kier molecular flexibility index (Phi) is 6.77. The van der Waals surface area contributed by atoms with Gasteiger partial charge in [0.1, 0.15) is 0 Å². The summed E-state index contributed by atoms with van der Waals surface area (Å²) in [5.74, 6) is -0.614. The number of carbonyl (C=O) groups excluding carboxylic acids is 1. The third kappa shape index (κ3) is 4.69. The van der Waals surface area contributed by atoms with E-state index in [-0.39, 0.29) is 23.3 Å². The number of anilines is 2. The summed E-state index contributed by atoms with van der Waals surface area (Å²) in [5.41, 5.74) is 6.63. The van der Waals surface area contributed by atoms with Crippen LogP contribution in [0.15, 0.2) is 23.1 Å². The molecule has 1 amide bonds. The Labute approximate surface area is 148 Å². The number of ether oxygens (including phenoxy) is 1. The summed E-state index contributed by atoms with van der Waals surface area (Å²) >= 11 is 0. The quantitative estimate of drug-likeness (QED) is 0.650. The fraction of sp³-hybridized carbons (Fsp3) is 0.562. The Hall–Kier alpha value is -1.68. The van der Waals surface area contributed by atoms with E-state index in [1.807, 2.05) is 6.92 Å². The van der Waals surface area contributed by atoms with E-state index in [0.717, 1.165) is 0 Å². The van der Waals surface area contributed by atoms with Crippen molar-refractivity contribution < 1.29 is 17.9 Å². The minimum absolute atomic E-state index is 0.145. The van der Waals surface area contributed by atoms with Gasteiger partial charge in [-0.25, -0.2) is 8.42 Å². The number of amides is 1. The number of sulfonamides is 1. The van der Waals surface area contributed by atoms with Gasteiger partial charge in [-0.3, -0.25) is 4.79 Å². The molecule has 0 aromatic heterocycles. The van der Waals surface area contributed by atoms with Gasteiger partial charge in [-0.1, -0.05) is 6.92 Å². The summed E-state index contributed by atoms with van der Waals surface area (Å²) in [6.07, 6.45) is 0. The first-order valence-corrected chi connectivity index (χ1v) is 9.81. The van der Waals surface area contributed by atoms with Gasteiger partial charge in [0.15, 0.2) is 0 Å². The Bertz CT molecular complexity index is 702. The van der Waals surface area contributed by atoms with Crippen molar-refractivity contribution in [3.05, 3.63) is 18.2 Å². The standard InChI is InChI=1S/C16H26N4O4S/c1-3-18-14-5-4-13(10-15(14)19-16(21)12(2)11-17)25(22,23)20-6-8-24-9-7-20/h4-5,10,12,18H,3,6-9,11,17H2,1-2H3,(H,19,21). The molecule has 0 radical (unpaired) electrons. The Morgan fingerprint density at radius 3 is 2.60 bits per heavy atom. The average Bonchev–Trinajstić information content (AvgIpc) is 2.63. The fourth-order valence-corrected chi connectivity index (χ4v) is 3.87. The maximum Gasteiger partial charge on any atom is 0.243 e. The predicted molar refractivity (Wildman–Crippen MR) is 97.0 cm³/mol. The highest BCUT2D eigenvalue weighted by Gasteiger charge is 2.27. The molecule has 1 saturated heterocycles. The van der Waals surface area contributed by atoms with Gasteiger partial charge in [-0.15, -0.1) is 0 Å². The number of hydrogen-bond acceptors (Lipinski definition) is 6. The van der Waals surface area contributed by atoms with Gasteiger partial charge >= 0.3 is 0 Å². The molecule has 1 aliphatic heterocycles. The van der Waals surface area contributed by atoms with Crippen LogP contribution in [0.25, 0.3) is 0 Å². The lowest BCUT2D eigenvalue weighted by molar-refractivity contribution is -0.119. The third-order valence-corrected chi connectivity index (χ3v) is 5.92. The molecule has 1 aliphatic rings. The number of benzene rings is 1. The van der Waals surface area contributed by atoms with Crippen LogP contribution in [-0.2, 0) is 19.6 Å². The zero-order valence-corrected chi connectivity index (χ0v) is 15.4. The lowest BCUT2D eigenvalue weighted by atomic mass is 10.1. The first-order chi connectivity index (χ1) is 11.9. The molecule has 1 atom stereocenters. The zero-order valence-electron chi connectivity index (χ0n) is 14.6. The van der Waals surface area contributed by atoms with Crippen LogP contribution < -0.4 is 16.4 Å². The van der Waals surface area contributed by atoms with Crippen molar-refractivity contribution >= 4 is 27.3 Å². The van der Waals surface area contributed by atoms with Gasteiger partial charge < -0.3 is 21.1 Å². The lowest BCUT2D eigenvalue weighted by Gasteiger charge is -2.26. The zero-order chi connectivity index (χ0) is 18.4. The number of morpholine rings is 1. The summed E-state index contributed by atoms with van der Waals surface area (Å²) in [4.78, 5) is 12.3. The van der Waals surface area contributed by atoms with Gasteiger partial charge in [0, 0.05) is 32.1 Å². The van der Waals surface area contributed by atoms with Crippen LogP contribution in [0.2, 0.25) is 0 Å². The van der Waals surface area contributed by atoms with E-state index in [1.165, 1.54) is 10.4 Å². The van der Waals surface area contributed by atoms with Crippen molar-refractivity contribution in [2.45, 2.75) is 18.7 Å². The largest absolute Gasteiger partial charge is 0.384 e. The van der Waals surface area contributed by atoms with Crippen molar-refractivity contribution in [2.24, 2.45) is 11.7 Å². The molecule has 1 unspecified atom stereocenters. The Morgan fingerprint density at radius 1 is 1.32 bits per heavy atom. The topological polar surface area (TPSA) is 114 Å². The Morgan fingerprint density at radius 2 is 2.00 bits per heavy atom. The van der Waals surface area contributed by atoms with Gasteiger partial charge in [0.2, 0.25) is 15.9 Å². The molecule has 25 heavy (non-hydrogen) atoms. The average molecular weight is 370 g/mol. The van der Waals surface area contributed by atoms with Crippen molar-refractivity contribution in [1.29, 1.82) is 0 Å². The molecule has 8 nitrogen and oxygen atoms in total. The van der Waals surface area contributed by atoms with E-state index in [4.69, 9.17) is 10.5 Å². The second-order valence-corrected chi connectivity index (χ2v) is 7.82. The SMILES string of the molecule is CCNc1ccc(S(=O)(=O)N2CCOCC2)cc1NC(=O)C(C)CN. The van der Waals surface area contributed by atoms with Crippen molar-refractivity contribution in [3.8, 4) is 0 Å². The molecule has 1 aromatic rings. The van der Waals surface area contributed by atoms with Crippen molar-refractivity contribution in [2.75, 3.05) is 50.0 Å². The highest BCUT2D eigenvalue weighted by molar-refractivity contribution is 7.89. The minimum Gasteiger partial charge on any atom is -0.384 e. The molecule has 0 bridgehead atoms. The summed E-state index contributed by atoms with van der Waals surface area (Å²) in [7, 11) is -3.63. The van der Waals surface area contributed by atoms with E-state index in [0.29, 0.717) is 44.2 Å². The number of nitrogens with two attached hydrogens (primary N) is 1. The minimum atomic E-state index is -3.63. The molecule has 0 aliphatic carbocycles. The van der Waals surface area contributed by atoms with Crippen LogP contribution in [0, 0.1) is 5.92 Å². The maximum atomic E-state index is 12.8. The smallest absolute Gasteiger partial charge is 0.243 e. The van der Waals surface area contributed by atoms with E-state index < -0.39 is 10.0 Å². The van der Waals surface area contributed by atoms with Gasteiger partial charge in [-0.2, -0.15) is 4.31 Å². The first-order valence-electron chi connectivity index (χ1n) is 8.37.